The van der Waals surface area contributed by atoms with E-state index in [1.54, 1.807) is 17.7 Å². The second-order valence-corrected chi connectivity index (χ2v) is 8.80. The van der Waals surface area contributed by atoms with Crippen molar-refractivity contribution in [3.8, 4) is 0 Å². The molecule has 0 spiro atoms. The Kier molecular flexibility index (Phi) is 6.74. The Labute approximate surface area is 172 Å². The number of hydrogen-bond donors (Lipinski definition) is 1. The zero-order chi connectivity index (χ0) is 21.8. The van der Waals surface area contributed by atoms with Gasteiger partial charge in [0.05, 0.1) is 4.90 Å². The minimum atomic E-state index is -4.52. The number of benzene rings is 1. The molecule has 0 saturated carbocycles. The average Bonchev–Trinajstić information content (AvgIpc) is 2.73. The van der Waals surface area contributed by atoms with Gasteiger partial charge >= 0.3 is 6.18 Å². The molecule has 11 heteroatoms. The van der Waals surface area contributed by atoms with Gasteiger partial charge in [-0.2, -0.15) is 17.5 Å². The van der Waals surface area contributed by atoms with Gasteiger partial charge in [-0.05, 0) is 35.9 Å². The molecule has 0 aliphatic carbocycles. The van der Waals surface area contributed by atoms with E-state index in [2.05, 4.69) is 9.88 Å². The van der Waals surface area contributed by atoms with Crippen molar-refractivity contribution in [2.24, 2.45) is 0 Å². The van der Waals surface area contributed by atoms with Gasteiger partial charge in [0, 0.05) is 50.7 Å². The second kappa shape index (κ2) is 9.11. The molecule has 0 unspecified atom stereocenters. The second-order valence-electron chi connectivity index (χ2n) is 6.86. The predicted octanol–water partition coefficient (Wildman–Crippen LogP) is 1.88. The van der Waals surface area contributed by atoms with Crippen molar-refractivity contribution in [2.75, 3.05) is 32.7 Å². The summed E-state index contributed by atoms with van der Waals surface area (Å²) in [6.07, 6.45) is -1.05. The van der Waals surface area contributed by atoms with Crippen molar-refractivity contribution in [1.29, 1.82) is 0 Å². The topological polar surface area (TPSA) is 82.6 Å². The molecule has 1 N–H and O–H groups in total. The van der Waals surface area contributed by atoms with E-state index in [4.69, 9.17) is 0 Å². The number of alkyl halides is 3. The summed E-state index contributed by atoms with van der Waals surface area (Å²) in [4.78, 5) is 18.0. The van der Waals surface area contributed by atoms with Gasteiger partial charge in [0.15, 0.2) is 0 Å². The Balaban J connectivity index is 1.58. The lowest BCUT2D eigenvalue weighted by molar-refractivity contribution is -0.123. The number of nitrogens with one attached hydrogen (secondary N) is 1. The van der Waals surface area contributed by atoms with E-state index in [1.165, 1.54) is 28.6 Å². The molecule has 2 heterocycles. The summed E-state index contributed by atoms with van der Waals surface area (Å²) in [6.45, 7) is 0.990. The number of amides is 1. The Hall–Kier alpha value is -2.50. The number of pyridine rings is 1. The van der Waals surface area contributed by atoms with Crippen molar-refractivity contribution in [2.45, 2.75) is 17.6 Å². The van der Waals surface area contributed by atoms with Crippen LogP contribution in [0.3, 0.4) is 0 Å². The molecular formula is C19H21F3N4O3S. The normalized spacial score (nSPS) is 16.4. The maximum atomic E-state index is 12.8. The summed E-state index contributed by atoms with van der Waals surface area (Å²) in [5.41, 5.74) is 1.01. The molecule has 3 rings (SSSR count). The first-order valence-corrected chi connectivity index (χ1v) is 10.7. The monoisotopic (exact) mass is 442 g/mol. The number of sulfonamides is 1. The van der Waals surface area contributed by atoms with Crippen molar-refractivity contribution in [3.63, 3.8) is 0 Å². The van der Waals surface area contributed by atoms with Crippen LogP contribution in [0.15, 0.2) is 53.7 Å². The molecule has 1 aromatic carbocycles. The molecule has 0 bridgehead atoms. The molecule has 7 nitrogen and oxygen atoms in total. The smallest absolute Gasteiger partial charge is 0.343 e. The SMILES string of the molecule is O=C(NCC(F)(F)F)c1ccc(S(=O)(=O)N2CCN(Cc3cccnc3)CC2)cc1. The van der Waals surface area contributed by atoms with Crippen molar-refractivity contribution < 1.29 is 26.4 Å². The number of halogens is 3. The van der Waals surface area contributed by atoms with Gasteiger partial charge in [0.1, 0.15) is 6.54 Å². The highest BCUT2D eigenvalue weighted by atomic mass is 32.2. The average molecular weight is 442 g/mol. The number of carbonyl (C=O) groups is 1. The summed E-state index contributed by atoms with van der Waals surface area (Å²) >= 11 is 0. The first kappa shape index (κ1) is 22.2. The van der Waals surface area contributed by atoms with E-state index in [9.17, 15) is 26.4 Å². The number of aromatic nitrogens is 1. The summed E-state index contributed by atoms with van der Waals surface area (Å²) in [7, 11) is -3.75. The van der Waals surface area contributed by atoms with Gasteiger partial charge < -0.3 is 5.32 Å². The van der Waals surface area contributed by atoms with Crippen LogP contribution in [0.1, 0.15) is 15.9 Å². The predicted molar refractivity (Wildman–Crippen MR) is 103 cm³/mol. The van der Waals surface area contributed by atoms with Gasteiger partial charge in [-0.25, -0.2) is 8.42 Å². The number of nitrogens with zero attached hydrogens (tertiary/aromatic N) is 3. The van der Waals surface area contributed by atoms with Gasteiger partial charge in [0.25, 0.3) is 5.91 Å². The van der Waals surface area contributed by atoms with Gasteiger partial charge in [-0.3, -0.25) is 14.7 Å². The molecule has 1 fully saturated rings. The van der Waals surface area contributed by atoms with Crippen LogP contribution in [0.4, 0.5) is 13.2 Å². The fourth-order valence-electron chi connectivity index (χ4n) is 3.09. The standard InChI is InChI=1S/C19H21F3N4O3S/c20-19(21,22)14-24-18(27)16-3-5-17(6-4-16)30(28,29)26-10-8-25(9-11-26)13-15-2-1-7-23-12-15/h1-7,12H,8-11,13-14H2,(H,24,27). The molecule has 0 atom stereocenters. The number of rotatable bonds is 6. The van der Waals surface area contributed by atoms with Crippen LogP contribution in [0.2, 0.25) is 0 Å². The van der Waals surface area contributed by atoms with E-state index in [1.807, 2.05) is 12.1 Å². The van der Waals surface area contributed by atoms with E-state index in [0.717, 1.165) is 5.56 Å². The Morgan fingerprint density at radius 3 is 2.30 bits per heavy atom. The van der Waals surface area contributed by atoms with Gasteiger partial charge in [-0.15, -0.1) is 0 Å². The maximum absolute atomic E-state index is 12.8. The molecule has 1 aromatic heterocycles. The van der Waals surface area contributed by atoms with Crippen LogP contribution in [-0.2, 0) is 16.6 Å². The Morgan fingerprint density at radius 2 is 1.73 bits per heavy atom. The zero-order valence-corrected chi connectivity index (χ0v) is 16.8. The molecule has 1 saturated heterocycles. The maximum Gasteiger partial charge on any atom is 0.405 e. The highest BCUT2D eigenvalue weighted by molar-refractivity contribution is 7.89. The third kappa shape index (κ3) is 5.77. The molecular weight excluding hydrogens is 421 g/mol. The van der Waals surface area contributed by atoms with E-state index in [-0.39, 0.29) is 10.5 Å². The highest BCUT2D eigenvalue weighted by Crippen LogP contribution is 2.19. The zero-order valence-electron chi connectivity index (χ0n) is 16.0. The number of hydrogen-bond acceptors (Lipinski definition) is 5. The first-order valence-electron chi connectivity index (χ1n) is 9.21. The van der Waals surface area contributed by atoms with Crippen LogP contribution >= 0.6 is 0 Å². The minimum absolute atomic E-state index is 0.00409. The molecule has 30 heavy (non-hydrogen) atoms. The van der Waals surface area contributed by atoms with Crippen LogP contribution in [0.25, 0.3) is 0 Å². The van der Waals surface area contributed by atoms with Crippen molar-refractivity contribution >= 4 is 15.9 Å². The lowest BCUT2D eigenvalue weighted by Crippen LogP contribution is -2.48. The Bertz CT molecular complexity index is 959. The lowest BCUT2D eigenvalue weighted by atomic mass is 10.2. The quantitative estimate of drug-likeness (QED) is 0.739. The van der Waals surface area contributed by atoms with Crippen LogP contribution < -0.4 is 5.32 Å². The first-order chi connectivity index (χ1) is 14.1. The van der Waals surface area contributed by atoms with Gasteiger partial charge in [-0.1, -0.05) is 6.07 Å². The van der Waals surface area contributed by atoms with Crippen LogP contribution in [0, 0.1) is 0 Å². The van der Waals surface area contributed by atoms with Crippen molar-refractivity contribution in [3.05, 3.63) is 59.9 Å². The molecule has 162 valence electrons. The lowest BCUT2D eigenvalue weighted by Gasteiger charge is -2.33. The third-order valence-electron chi connectivity index (χ3n) is 4.66. The molecule has 1 amide bonds. The summed E-state index contributed by atoms with van der Waals surface area (Å²) in [5, 5.41) is 1.75. The largest absolute Gasteiger partial charge is 0.405 e. The molecule has 1 aliphatic heterocycles. The van der Waals surface area contributed by atoms with Gasteiger partial charge in [0.2, 0.25) is 10.0 Å². The summed E-state index contributed by atoms with van der Waals surface area (Å²) in [5.74, 6) is -0.916. The van der Waals surface area contributed by atoms with Crippen molar-refractivity contribution in [1.82, 2.24) is 19.5 Å². The van der Waals surface area contributed by atoms with E-state index < -0.39 is 28.7 Å². The Morgan fingerprint density at radius 1 is 1.07 bits per heavy atom. The fourth-order valence-corrected chi connectivity index (χ4v) is 4.51. The van der Waals surface area contributed by atoms with Crippen LogP contribution in [0.5, 0.6) is 0 Å². The summed E-state index contributed by atoms with van der Waals surface area (Å²) in [6, 6.07) is 8.69. The number of piperazine rings is 1. The number of carbonyl (C=O) groups excluding carboxylic acids is 1. The third-order valence-corrected chi connectivity index (χ3v) is 6.58. The van der Waals surface area contributed by atoms with Crippen LogP contribution in [-0.4, -0.2) is 67.4 Å². The van der Waals surface area contributed by atoms with E-state index in [0.29, 0.717) is 32.7 Å². The van der Waals surface area contributed by atoms with E-state index >= 15 is 0 Å². The molecule has 0 radical (unpaired) electrons. The highest BCUT2D eigenvalue weighted by Gasteiger charge is 2.30. The minimum Gasteiger partial charge on any atom is -0.343 e. The fraction of sp³-hybridized carbons (Fsp3) is 0.368. The molecule has 2 aromatic rings. The summed E-state index contributed by atoms with van der Waals surface area (Å²) < 4.78 is 63.6. The molecule has 1 aliphatic rings.